The van der Waals surface area contributed by atoms with Crippen molar-refractivity contribution in [1.29, 1.82) is 0 Å². The number of benzene rings is 5. The zero-order valence-electron chi connectivity index (χ0n) is 24.5. The average Bonchev–Trinajstić information content (AvgIpc) is 3.08. The van der Waals surface area contributed by atoms with Crippen LogP contribution in [0.1, 0.15) is 18.4 Å². The molecule has 222 valence electrons. The van der Waals surface area contributed by atoms with Gasteiger partial charge in [-0.1, -0.05) is 0 Å². The maximum absolute atomic E-state index is 12.8. The molecule has 0 bridgehead atoms. The number of rotatable bonds is 10. The van der Waals surface area contributed by atoms with E-state index in [1.54, 1.807) is 6.07 Å². The number of phenols is 1. The Morgan fingerprint density at radius 2 is 1.27 bits per heavy atom. The monoisotopic (exact) mass is 664 g/mol. The van der Waals surface area contributed by atoms with E-state index in [0.717, 1.165) is 31.0 Å². The number of fused-ring (bicyclic) bond motifs is 1. The topological polar surface area (TPSA) is 59.7 Å². The Bertz CT molecular complexity index is 1840. The molecule has 0 aliphatic carbocycles. The van der Waals surface area contributed by atoms with E-state index in [1.807, 2.05) is 12.1 Å². The van der Waals surface area contributed by atoms with Crippen LogP contribution in [0, 0.1) is 0 Å². The van der Waals surface area contributed by atoms with Gasteiger partial charge in [0.05, 0.1) is 7.11 Å². The normalized spacial score (nSPS) is 12.5. The molecule has 0 aliphatic rings. The molecule has 1 heterocycles. The first-order valence-corrected chi connectivity index (χ1v) is 19.2. The molecule has 1 N–H and O–H groups in total. The number of halogens is 1. The van der Waals surface area contributed by atoms with Gasteiger partial charge < -0.3 is 9.84 Å². The van der Waals surface area contributed by atoms with Gasteiger partial charge >= 0.3 is 232 Å². The molecular formula is C38H34BrO4P. The molecule has 5 aromatic carbocycles. The molecule has 0 amide bonds. The van der Waals surface area contributed by atoms with Gasteiger partial charge in [0.2, 0.25) is 0 Å². The van der Waals surface area contributed by atoms with E-state index in [-0.39, 0.29) is 22.5 Å². The number of aryl methyl sites for hydroxylation is 1. The van der Waals surface area contributed by atoms with E-state index < -0.39 is 5.31 Å². The van der Waals surface area contributed by atoms with E-state index in [9.17, 15) is 9.90 Å². The van der Waals surface area contributed by atoms with Crippen molar-refractivity contribution in [3.8, 4) is 22.8 Å². The van der Waals surface area contributed by atoms with E-state index in [4.69, 9.17) is 9.15 Å². The predicted octanol–water partition coefficient (Wildman–Crippen LogP) is 8.34. The third kappa shape index (κ3) is 5.36. The summed E-state index contributed by atoms with van der Waals surface area (Å²) in [6.45, 7) is 0. The van der Waals surface area contributed by atoms with E-state index >= 15 is 0 Å². The Labute approximate surface area is 265 Å². The van der Waals surface area contributed by atoms with Crippen molar-refractivity contribution >= 4 is 47.7 Å². The van der Waals surface area contributed by atoms with Crippen molar-refractivity contribution in [3.63, 3.8) is 0 Å². The van der Waals surface area contributed by atoms with Crippen LogP contribution in [0.3, 0.4) is 0 Å². The Morgan fingerprint density at radius 1 is 0.727 bits per heavy atom. The number of phenolic OH excluding ortho intramolecular Hbond substituents is 1. The van der Waals surface area contributed by atoms with Crippen LogP contribution < -0.4 is 26.1 Å². The minimum absolute atomic E-state index is 0.0698. The Hall–Kier alpha value is -4.18. The average molecular weight is 666 g/mol. The van der Waals surface area contributed by atoms with Crippen molar-refractivity contribution in [3.05, 3.63) is 149 Å². The number of unbranched alkanes of at least 4 members (excludes halogenated alkanes) is 1. The molecule has 4 nitrogen and oxygen atoms in total. The van der Waals surface area contributed by atoms with Gasteiger partial charge in [0.15, 0.2) is 5.75 Å². The van der Waals surface area contributed by atoms with Crippen molar-refractivity contribution in [1.82, 2.24) is 0 Å². The van der Waals surface area contributed by atoms with Gasteiger partial charge in [0, 0.05) is 0 Å². The third-order valence-electron chi connectivity index (χ3n) is 8.45. The van der Waals surface area contributed by atoms with Crippen molar-refractivity contribution in [2.24, 2.45) is 0 Å². The number of methoxy groups -OCH3 is 1. The van der Waals surface area contributed by atoms with Crippen LogP contribution >= 0.6 is 20.8 Å². The quantitative estimate of drug-likeness (QED) is 0.118. The van der Waals surface area contributed by atoms with Crippen LogP contribution in [0.15, 0.2) is 143 Å². The molecule has 44 heavy (non-hydrogen) atoms. The third-order valence-corrected chi connectivity index (χ3v) is 18.5. The Kier molecular flexibility index (Phi) is 8.44. The summed E-state index contributed by atoms with van der Waals surface area (Å²) in [4.78, 5) is 12.8. The van der Waals surface area contributed by atoms with E-state index in [2.05, 4.69) is 119 Å². The second kappa shape index (κ2) is 12.4. The fourth-order valence-corrected chi connectivity index (χ4v) is 13.9. The molecule has 0 aliphatic heterocycles. The zero-order chi connectivity index (χ0) is 30.6. The fraction of sp³-hybridized carbons (Fsp3) is 0.132. The van der Waals surface area contributed by atoms with Gasteiger partial charge in [0.1, 0.15) is 0 Å². The van der Waals surface area contributed by atoms with Crippen molar-refractivity contribution in [2.75, 3.05) is 13.3 Å². The molecule has 6 heteroatoms. The second-order valence-corrected chi connectivity index (χ2v) is 20.1. The first kappa shape index (κ1) is 29.9. The number of hydrogen-bond donors (Lipinski definition) is 1. The molecule has 6 aromatic rings. The molecule has 0 saturated heterocycles. The number of hydrogen-bond acceptors (Lipinski definition) is 4. The first-order valence-electron chi connectivity index (χ1n) is 14.7. The molecule has 0 atom stereocenters. The maximum atomic E-state index is 12.8. The summed E-state index contributed by atoms with van der Waals surface area (Å²) in [5.74, 6) is 0.520. The molecule has 6 rings (SSSR count). The summed E-state index contributed by atoms with van der Waals surface area (Å²) in [6, 6.07) is 45.4. The fourth-order valence-electron chi connectivity index (χ4n) is 6.15. The second-order valence-electron chi connectivity index (χ2n) is 11.0. The molecule has 1 aromatic heterocycles. The van der Waals surface area contributed by atoms with Crippen LogP contribution in [0.4, 0.5) is 0 Å². The summed E-state index contributed by atoms with van der Waals surface area (Å²) in [6.07, 6.45) is 3.99. The Morgan fingerprint density at radius 3 is 1.80 bits per heavy atom. The minimum atomic E-state index is -2.93. The Balaban J connectivity index is 1.25. The van der Waals surface area contributed by atoms with E-state index in [0.29, 0.717) is 11.1 Å². The molecule has 0 spiro atoms. The van der Waals surface area contributed by atoms with Gasteiger partial charge in [-0.15, -0.1) is 0 Å². The zero-order valence-corrected chi connectivity index (χ0v) is 27.0. The summed E-state index contributed by atoms with van der Waals surface area (Å²) in [5, 5.41) is 11.6. The summed E-state index contributed by atoms with van der Waals surface area (Å²) >= 11 is 4.55. The molecule has 0 saturated carbocycles. The molecule has 0 unspecified atom stereocenters. The van der Waals surface area contributed by atoms with Gasteiger partial charge in [-0.25, -0.2) is 0 Å². The number of aromatic hydroxyl groups is 1. The summed E-state index contributed by atoms with van der Waals surface area (Å²) < 4.78 is 11.4. The van der Waals surface area contributed by atoms with Crippen molar-refractivity contribution in [2.45, 2.75) is 19.3 Å². The van der Waals surface area contributed by atoms with E-state index in [1.165, 1.54) is 40.7 Å². The van der Waals surface area contributed by atoms with Crippen LogP contribution in [0.5, 0.6) is 11.5 Å². The summed E-state index contributed by atoms with van der Waals surface area (Å²) in [5.41, 5.74) is 2.07. The summed E-state index contributed by atoms with van der Waals surface area (Å²) in [7, 11) is 1.44. The van der Waals surface area contributed by atoms with Crippen molar-refractivity contribution < 1.29 is 14.3 Å². The standard InChI is InChI=1S/C38H34BrO4P/c1-42-38-34(40)25-24-33-35(41)27-36(43-37(33)38)29-22-20-28(21-23-29)13-11-12-26-44(39,30-14-5-2-6-15-30,31-16-7-3-8-17-31)32-18-9-4-10-19-32/h2-10,14-25,27,40H,11-13,26H2,1H3. The van der Waals surface area contributed by atoms with Gasteiger partial charge in [-0.3, -0.25) is 0 Å². The van der Waals surface area contributed by atoms with Gasteiger partial charge in [-0.2, -0.15) is 0 Å². The van der Waals surface area contributed by atoms with Crippen LogP contribution in [-0.2, 0) is 6.42 Å². The first-order chi connectivity index (χ1) is 21.4. The molecule has 0 fully saturated rings. The SMILES string of the molecule is COc1c(O)ccc2c(=O)cc(-c3ccc(CCCCP(Br)(c4ccccc4)(c4ccccc4)c4ccccc4)cc3)oc12. The van der Waals surface area contributed by atoms with Crippen LogP contribution in [0.25, 0.3) is 22.3 Å². The molecule has 0 radical (unpaired) electrons. The van der Waals surface area contributed by atoms with Crippen LogP contribution in [0.2, 0.25) is 0 Å². The predicted molar refractivity (Wildman–Crippen MR) is 188 cm³/mol. The van der Waals surface area contributed by atoms with Gasteiger partial charge in [0.25, 0.3) is 0 Å². The molecular weight excluding hydrogens is 631 g/mol. The van der Waals surface area contributed by atoms with Gasteiger partial charge in [-0.05, 0) is 12.1 Å². The number of ether oxygens (including phenoxy) is 1. The van der Waals surface area contributed by atoms with Crippen LogP contribution in [-0.4, -0.2) is 18.4 Å².